The van der Waals surface area contributed by atoms with Crippen molar-refractivity contribution in [2.45, 2.75) is 34.2 Å². The molecule has 0 fully saturated rings. The van der Waals surface area contributed by atoms with Crippen LogP contribution in [0.1, 0.15) is 0 Å². The van der Waals surface area contributed by atoms with Gasteiger partial charge in [-0.2, -0.15) is 26.3 Å². The molecule has 0 aliphatic rings. The lowest BCUT2D eigenvalue weighted by atomic mass is 10.4. The van der Waals surface area contributed by atoms with E-state index in [9.17, 15) is 26.3 Å². The molecule has 4 unspecified atom stereocenters. The second-order valence-corrected chi connectivity index (χ2v) is 4.53. The first kappa shape index (κ1) is 17.7. The van der Waals surface area contributed by atoms with Crippen LogP contribution in [0.3, 0.4) is 0 Å². The summed E-state index contributed by atoms with van der Waals surface area (Å²) >= 11 is 19.7. The first-order chi connectivity index (χ1) is 7.37. The molecule has 0 heterocycles. The van der Waals surface area contributed by atoms with Gasteiger partial charge in [-0.05, 0) is 0 Å². The summed E-state index contributed by atoms with van der Waals surface area (Å²) in [6.45, 7) is 0. The van der Waals surface area contributed by atoms with Gasteiger partial charge in [-0.1, -0.05) is 23.2 Å². The van der Waals surface area contributed by atoms with E-state index < -0.39 is 34.2 Å². The summed E-state index contributed by atoms with van der Waals surface area (Å²) in [5.74, 6) is 0. The van der Waals surface area contributed by atoms with Gasteiger partial charge in [0, 0.05) is 0 Å². The fraction of sp³-hybridized carbons (Fsp3) is 1.00. The van der Waals surface area contributed by atoms with Gasteiger partial charge in [0.05, 0.1) is 0 Å². The van der Waals surface area contributed by atoms with Gasteiger partial charge < -0.3 is 4.74 Å². The molecule has 0 aromatic carbocycles. The van der Waals surface area contributed by atoms with Crippen molar-refractivity contribution in [1.29, 1.82) is 0 Å². The fourth-order valence-electron chi connectivity index (χ4n) is 0.559. The molecule has 0 aromatic rings. The van der Waals surface area contributed by atoms with E-state index in [1.165, 1.54) is 0 Å². The molecule has 0 bridgehead atoms. The van der Waals surface area contributed by atoms with Gasteiger partial charge in [0.15, 0.2) is 21.9 Å². The zero-order valence-electron chi connectivity index (χ0n) is 7.50. The van der Waals surface area contributed by atoms with Crippen LogP contribution in [0.4, 0.5) is 26.3 Å². The third-order valence-corrected chi connectivity index (χ3v) is 3.27. The highest BCUT2D eigenvalue weighted by Crippen LogP contribution is 2.35. The molecule has 0 rings (SSSR count). The predicted octanol–water partition coefficient (Wildman–Crippen LogP) is 4.47. The highest BCUT2D eigenvalue weighted by Gasteiger charge is 2.48. The maximum atomic E-state index is 12.0. The van der Waals surface area contributed by atoms with E-state index in [0.29, 0.717) is 0 Å². The molecule has 0 N–H and O–H groups in total. The van der Waals surface area contributed by atoms with Crippen LogP contribution in [0.15, 0.2) is 0 Å². The lowest BCUT2D eigenvalue weighted by molar-refractivity contribution is -0.163. The minimum absolute atomic E-state index is 2.29. The van der Waals surface area contributed by atoms with Gasteiger partial charge in [0.25, 0.3) is 0 Å². The molecule has 0 radical (unpaired) electrons. The summed E-state index contributed by atoms with van der Waals surface area (Å²) in [5, 5.41) is -5.41. The number of ether oxygens (including phenoxy) is 1. The van der Waals surface area contributed by atoms with Gasteiger partial charge in [-0.25, -0.2) is 0 Å². The summed E-state index contributed by atoms with van der Waals surface area (Å²) in [4.78, 5) is 0. The summed E-state index contributed by atoms with van der Waals surface area (Å²) in [5.41, 5.74) is -4.58. The zero-order valence-corrected chi connectivity index (χ0v) is 10.5. The van der Waals surface area contributed by atoms with Crippen LogP contribution >= 0.6 is 46.4 Å². The topological polar surface area (TPSA) is 9.23 Å². The first-order valence-corrected chi connectivity index (χ1v) is 5.47. The van der Waals surface area contributed by atoms with Crippen LogP contribution < -0.4 is 0 Å². The summed E-state index contributed by atoms with van der Waals surface area (Å²) in [6.07, 6.45) is -9.88. The van der Waals surface area contributed by atoms with Crippen LogP contribution in [0.2, 0.25) is 0 Å². The molecule has 4 atom stereocenters. The van der Waals surface area contributed by atoms with Gasteiger partial charge in [0.2, 0.25) is 0 Å². The number of rotatable bonds is 4. The molecule has 0 saturated carbocycles. The first-order valence-electron chi connectivity index (χ1n) is 3.72. The number of hydrogen-bond acceptors (Lipinski definition) is 1. The summed E-state index contributed by atoms with van der Waals surface area (Å²) in [6, 6.07) is 0. The van der Waals surface area contributed by atoms with Gasteiger partial charge in [0.1, 0.15) is 0 Å². The quantitative estimate of drug-likeness (QED) is 0.538. The van der Waals surface area contributed by atoms with Crippen molar-refractivity contribution in [2.24, 2.45) is 0 Å². The number of alkyl halides is 10. The van der Waals surface area contributed by atoms with Crippen molar-refractivity contribution in [3.05, 3.63) is 0 Å². The van der Waals surface area contributed by atoms with Gasteiger partial charge in [-0.15, -0.1) is 23.2 Å². The Morgan fingerprint density at radius 1 is 0.647 bits per heavy atom. The maximum absolute atomic E-state index is 12.0. The predicted molar refractivity (Wildman–Crippen MR) is 51.8 cm³/mol. The molecular formula is C6H4Cl4F6O. The third-order valence-electron chi connectivity index (χ3n) is 1.35. The van der Waals surface area contributed by atoms with E-state index in [-0.39, 0.29) is 0 Å². The molecule has 0 aliphatic heterocycles. The van der Waals surface area contributed by atoms with E-state index >= 15 is 0 Å². The monoisotopic (exact) mass is 346 g/mol. The molecular weight excluding hydrogens is 344 g/mol. The number of hydrogen-bond donors (Lipinski definition) is 0. The second kappa shape index (κ2) is 6.23. The minimum Gasteiger partial charge on any atom is -0.340 e. The lowest BCUT2D eigenvalue weighted by Gasteiger charge is -2.24. The highest BCUT2D eigenvalue weighted by molar-refractivity contribution is 6.31. The van der Waals surface area contributed by atoms with Gasteiger partial charge in [-0.3, -0.25) is 0 Å². The largest absolute Gasteiger partial charge is 0.408 e. The SMILES string of the molecule is FC(F)(F)C(Cl)C(Cl)OC(Cl)C(Cl)C(F)(F)F. The normalized spacial score (nSPS) is 20.8. The lowest BCUT2D eigenvalue weighted by Crippen LogP contribution is -2.40. The average molecular weight is 348 g/mol. The number of halogens is 10. The molecule has 0 aliphatic carbocycles. The maximum Gasteiger partial charge on any atom is 0.408 e. The second-order valence-electron chi connectivity index (χ2n) is 2.73. The van der Waals surface area contributed by atoms with Crippen molar-refractivity contribution in [3.63, 3.8) is 0 Å². The van der Waals surface area contributed by atoms with E-state index in [0.717, 1.165) is 0 Å². The third kappa shape index (κ3) is 5.92. The standard InChI is InChI=1S/C6H4Cl4F6O/c7-1(5(11,12)13)3(9)17-4(10)2(8)6(14,15)16/h1-4H. The van der Waals surface area contributed by atoms with Crippen LogP contribution in [-0.2, 0) is 4.74 Å². The Morgan fingerprint density at radius 3 is 1.06 bits per heavy atom. The van der Waals surface area contributed by atoms with E-state index in [1.807, 2.05) is 0 Å². The average Bonchev–Trinajstić information content (AvgIpc) is 2.12. The van der Waals surface area contributed by atoms with Crippen molar-refractivity contribution in [2.75, 3.05) is 0 Å². The Hall–Kier alpha value is 0.700. The van der Waals surface area contributed by atoms with Crippen LogP contribution in [0.25, 0.3) is 0 Å². The van der Waals surface area contributed by atoms with Crippen molar-refractivity contribution in [3.8, 4) is 0 Å². The molecule has 0 saturated heterocycles. The van der Waals surface area contributed by atoms with Crippen LogP contribution in [0.5, 0.6) is 0 Å². The minimum atomic E-state index is -4.94. The molecule has 11 heteroatoms. The molecule has 0 amide bonds. The fourth-order valence-corrected chi connectivity index (χ4v) is 1.24. The Labute approximate surface area is 112 Å². The summed E-state index contributed by atoms with van der Waals surface area (Å²) in [7, 11) is 0. The molecule has 104 valence electrons. The Bertz CT molecular complexity index is 220. The van der Waals surface area contributed by atoms with Crippen molar-refractivity contribution >= 4 is 46.4 Å². The summed E-state index contributed by atoms with van der Waals surface area (Å²) < 4.78 is 76.0. The van der Waals surface area contributed by atoms with Crippen LogP contribution in [-0.4, -0.2) is 34.2 Å². The smallest absolute Gasteiger partial charge is 0.340 e. The van der Waals surface area contributed by atoms with E-state index in [2.05, 4.69) is 4.74 Å². The highest BCUT2D eigenvalue weighted by atomic mass is 35.5. The van der Waals surface area contributed by atoms with Crippen molar-refractivity contribution in [1.82, 2.24) is 0 Å². The van der Waals surface area contributed by atoms with Crippen LogP contribution in [0, 0.1) is 0 Å². The molecule has 0 spiro atoms. The van der Waals surface area contributed by atoms with Crippen molar-refractivity contribution < 1.29 is 31.1 Å². The zero-order chi connectivity index (χ0) is 14.0. The molecule has 17 heavy (non-hydrogen) atoms. The van der Waals surface area contributed by atoms with Gasteiger partial charge >= 0.3 is 12.4 Å². The Kier molecular flexibility index (Phi) is 6.49. The Balaban J connectivity index is 4.45. The van der Waals surface area contributed by atoms with E-state index in [4.69, 9.17) is 46.4 Å². The molecule has 1 nitrogen and oxygen atoms in total. The Morgan fingerprint density at radius 2 is 0.882 bits per heavy atom. The van der Waals surface area contributed by atoms with E-state index in [1.54, 1.807) is 0 Å². The molecule has 0 aromatic heterocycles.